The fourth-order valence-electron chi connectivity index (χ4n) is 2.31. The molecule has 0 heterocycles. The molecule has 0 aliphatic heterocycles. The molecule has 0 spiro atoms. The van der Waals surface area contributed by atoms with Gasteiger partial charge >= 0.3 is 21.7 Å². The van der Waals surface area contributed by atoms with Crippen LogP contribution in [0.1, 0.15) is 40.5 Å². The summed E-state index contributed by atoms with van der Waals surface area (Å²) in [5.74, 6) is 0. The smallest absolute Gasteiger partial charge is 1.00 e. The zero-order valence-corrected chi connectivity index (χ0v) is 16.8. The Hall–Kier alpha value is 0.564. The molecule has 0 aromatic rings. The van der Waals surface area contributed by atoms with Gasteiger partial charge in [-0.25, -0.2) is 11.6 Å². The van der Waals surface area contributed by atoms with Gasteiger partial charge in [0.15, 0.2) is 0 Å². The summed E-state index contributed by atoms with van der Waals surface area (Å²) in [6.45, 7) is 8.51. The summed E-state index contributed by atoms with van der Waals surface area (Å²) in [6, 6.07) is 0. The molecule has 0 aromatic carbocycles. The minimum Gasteiger partial charge on any atom is -1.00 e. The minimum atomic E-state index is -0.0726. The van der Waals surface area contributed by atoms with E-state index in [9.17, 15) is 0 Å². The second kappa shape index (κ2) is 10.4. The zero-order chi connectivity index (χ0) is 13.2. The zero-order valence-electron chi connectivity index (χ0n) is 12.9. The van der Waals surface area contributed by atoms with E-state index < -0.39 is 0 Å². The van der Waals surface area contributed by atoms with Crippen molar-refractivity contribution in [3.63, 3.8) is 0 Å². The van der Waals surface area contributed by atoms with Gasteiger partial charge in [-0.1, -0.05) is 23.3 Å². The van der Waals surface area contributed by atoms with Gasteiger partial charge < -0.3 is 29.0 Å². The van der Waals surface area contributed by atoms with E-state index >= 15 is 0 Å². The summed E-state index contributed by atoms with van der Waals surface area (Å²) in [4.78, 5) is 0. The van der Waals surface area contributed by atoms with E-state index in [0.717, 1.165) is 12.8 Å². The average molecular weight is 380 g/mol. The first-order valence-electron chi connectivity index (χ1n) is 6.52. The molecule has 115 valence electrons. The van der Waals surface area contributed by atoms with Crippen LogP contribution in [0, 0.1) is 6.08 Å². The molecule has 1 radical (unpaired) electrons. The van der Waals surface area contributed by atoms with Crippen molar-refractivity contribution in [1.29, 1.82) is 0 Å². The van der Waals surface area contributed by atoms with Crippen molar-refractivity contribution in [2.45, 2.75) is 51.4 Å². The van der Waals surface area contributed by atoms with Crippen LogP contribution in [0.5, 0.6) is 0 Å². The van der Waals surface area contributed by atoms with Crippen LogP contribution in [0.4, 0.5) is 0 Å². The first-order valence-corrected chi connectivity index (χ1v) is 7.26. The average Bonchev–Trinajstić information content (AvgIpc) is 2.82. The van der Waals surface area contributed by atoms with Crippen LogP contribution in [-0.2, 0) is 25.9 Å². The van der Waals surface area contributed by atoms with Gasteiger partial charge in [-0.15, -0.1) is 6.42 Å². The first kappa shape index (κ1) is 23.8. The number of hydrogen-bond acceptors (Lipinski definition) is 2. The van der Waals surface area contributed by atoms with Crippen LogP contribution in [-0.4, -0.2) is 10.9 Å². The predicted octanol–water partition coefficient (Wildman–Crippen LogP) is -1.21. The van der Waals surface area contributed by atoms with Crippen molar-refractivity contribution >= 4 is 12.0 Å². The molecule has 0 saturated carbocycles. The second-order valence-electron chi connectivity index (χ2n) is 5.23. The van der Waals surface area contributed by atoms with E-state index in [0.29, 0.717) is 0 Å². The van der Waals surface area contributed by atoms with Crippen molar-refractivity contribution in [2.24, 2.45) is 0 Å². The summed E-state index contributed by atoms with van der Waals surface area (Å²) in [6.07, 6.45) is 14.6. The van der Waals surface area contributed by atoms with Gasteiger partial charge in [0.05, 0.1) is 10.9 Å². The van der Waals surface area contributed by atoms with Gasteiger partial charge in [-0.05, 0) is 34.1 Å². The third-order valence-electron chi connectivity index (χ3n) is 3.31. The topological polar surface area (TPSA) is 9.23 Å². The van der Waals surface area contributed by atoms with Crippen LogP contribution in [0.3, 0.4) is 0 Å². The Balaban J connectivity index is 0. The van der Waals surface area contributed by atoms with Gasteiger partial charge in [-0.2, -0.15) is 6.08 Å². The van der Waals surface area contributed by atoms with Crippen LogP contribution < -0.4 is 24.8 Å². The largest absolute Gasteiger partial charge is 3.00 e. The maximum atomic E-state index is 5.85. The van der Waals surface area contributed by atoms with E-state index in [4.69, 9.17) is 4.18 Å². The van der Waals surface area contributed by atoms with Crippen molar-refractivity contribution in [3.8, 4) is 0 Å². The summed E-state index contributed by atoms with van der Waals surface area (Å²) in [7, 11) is 0. The fraction of sp³-hybridized carbons (Fsp3) is 0.500. The number of rotatable bonds is 4. The quantitative estimate of drug-likeness (QED) is 0.344. The molecule has 1 nitrogen and oxygen atoms in total. The Bertz CT molecular complexity index is 455. The summed E-state index contributed by atoms with van der Waals surface area (Å²) in [5, 5.41) is 0. The fourth-order valence-corrected chi connectivity index (χ4v) is 3.24. The molecule has 0 N–H and O–H groups in total. The van der Waals surface area contributed by atoms with E-state index in [1.807, 2.05) is 0 Å². The van der Waals surface area contributed by atoms with Crippen LogP contribution >= 0.6 is 12.0 Å². The van der Waals surface area contributed by atoms with Gasteiger partial charge in [0.25, 0.3) is 0 Å². The molecule has 2 aliphatic rings. The molecular weight excluding hydrogens is 359 g/mol. The third-order valence-corrected chi connectivity index (χ3v) is 4.78. The first-order chi connectivity index (χ1) is 8.54. The Labute approximate surface area is 160 Å². The molecule has 0 bridgehead atoms. The molecule has 0 fully saturated rings. The summed E-state index contributed by atoms with van der Waals surface area (Å²) in [5.41, 5.74) is 3.98. The van der Waals surface area contributed by atoms with Gasteiger partial charge in [0.1, 0.15) is 0 Å². The maximum absolute atomic E-state index is 5.85. The Kier molecular flexibility index (Phi) is 11.8. The van der Waals surface area contributed by atoms with Gasteiger partial charge in [-0.3, -0.25) is 6.08 Å². The molecule has 0 aromatic heterocycles. The normalized spacial score (nSPS) is 23.4. The van der Waals surface area contributed by atoms with Crippen molar-refractivity contribution in [1.82, 2.24) is 0 Å². The standard InChI is InChI=1S/C16H21OS.2ClH.Ti/c1-12(2)17-18-16(15-7-5-6-8-15)10-9-13(3)11-14(16)4;;;/h5,7,9,11-12H,6,10H2,1-4H3;2*1H;/q-1;;;+3/p-2. The SMILES string of the molecule is CC1=CCC(SOC(C)C)(C2=[C-]CC=C2)C(C)=C1.[Cl-].[Cl-].[Ti+3]. The Morgan fingerprint density at radius 1 is 1.29 bits per heavy atom. The van der Waals surface area contributed by atoms with Gasteiger partial charge in [0, 0.05) is 12.0 Å². The Morgan fingerprint density at radius 3 is 2.43 bits per heavy atom. The molecule has 21 heavy (non-hydrogen) atoms. The van der Waals surface area contributed by atoms with Crippen LogP contribution in [0.15, 0.2) is 41.0 Å². The van der Waals surface area contributed by atoms with E-state index in [1.54, 1.807) is 12.0 Å². The van der Waals surface area contributed by atoms with E-state index in [1.165, 1.54) is 16.7 Å². The summed E-state index contributed by atoms with van der Waals surface area (Å²) < 4.78 is 5.78. The van der Waals surface area contributed by atoms with E-state index in [-0.39, 0.29) is 57.4 Å². The van der Waals surface area contributed by atoms with Crippen molar-refractivity contribution in [2.75, 3.05) is 0 Å². The second-order valence-corrected chi connectivity index (χ2v) is 6.29. The monoisotopic (exact) mass is 379 g/mol. The molecule has 0 amide bonds. The molecule has 1 unspecified atom stereocenters. The number of halogens is 2. The van der Waals surface area contributed by atoms with Crippen LogP contribution in [0.2, 0.25) is 0 Å². The predicted molar refractivity (Wildman–Crippen MR) is 79.2 cm³/mol. The maximum Gasteiger partial charge on any atom is 3.00 e. The summed E-state index contributed by atoms with van der Waals surface area (Å²) >= 11 is 1.60. The number of allylic oxidation sites excluding steroid dienone is 6. The van der Waals surface area contributed by atoms with Crippen molar-refractivity contribution in [3.05, 3.63) is 47.1 Å². The number of hydrogen-bond donors (Lipinski definition) is 0. The molecule has 0 saturated heterocycles. The third kappa shape index (κ3) is 5.60. The molecule has 2 rings (SSSR count). The van der Waals surface area contributed by atoms with Crippen molar-refractivity contribution < 1.29 is 50.7 Å². The minimum absolute atomic E-state index is 0. The van der Waals surface area contributed by atoms with Gasteiger partial charge in [0.2, 0.25) is 0 Å². The molecular formula is C16H21Cl2OSTi. The Morgan fingerprint density at radius 2 is 1.95 bits per heavy atom. The van der Waals surface area contributed by atoms with Crippen LogP contribution in [0.25, 0.3) is 0 Å². The molecule has 5 heteroatoms. The van der Waals surface area contributed by atoms with E-state index in [2.05, 4.69) is 58.1 Å². The molecule has 1 atom stereocenters. The molecule has 2 aliphatic carbocycles.